The molecule has 7 nitrogen and oxygen atoms in total. The summed E-state index contributed by atoms with van der Waals surface area (Å²) in [4.78, 5) is 34.8. The summed E-state index contributed by atoms with van der Waals surface area (Å²) in [6, 6.07) is 10.5. The van der Waals surface area contributed by atoms with Gasteiger partial charge in [0.1, 0.15) is 5.56 Å². The molecule has 0 aliphatic heterocycles. The van der Waals surface area contributed by atoms with Gasteiger partial charge >= 0.3 is 5.97 Å². The van der Waals surface area contributed by atoms with Crippen molar-refractivity contribution in [3.05, 3.63) is 79.6 Å². The van der Waals surface area contributed by atoms with Gasteiger partial charge in [0.2, 0.25) is 5.43 Å². The van der Waals surface area contributed by atoms with Crippen molar-refractivity contribution in [3.63, 3.8) is 0 Å². The van der Waals surface area contributed by atoms with Gasteiger partial charge in [0.05, 0.1) is 17.5 Å². The fourth-order valence-electron chi connectivity index (χ4n) is 2.51. The predicted octanol–water partition coefficient (Wildman–Crippen LogP) is 3.34. The van der Waals surface area contributed by atoms with Crippen LogP contribution in [0.25, 0.3) is 16.6 Å². The number of esters is 1. The van der Waals surface area contributed by atoms with E-state index in [9.17, 15) is 19.7 Å². The lowest BCUT2D eigenvalue weighted by molar-refractivity contribution is -0.384. The standard InChI is InChI=1S/C17H11ClN2O5/c1-25-17(22)14-9-19(11-3-5-12(6-4-11)20(23)24)15-7-2-10(18)8-13(15)16(14)21/h2-9H,1H3. The van der Waals surface area contributed by atoms with Crippen LogP contribution < -0.4 is 5.43 Å². The Morgan fingerprint density at radius 2 is 1.88 bits per heavy atom. The highest BCUT2D eigenvalue weighted by Gasteiger charge is 2.17. The number of halogens is 1. The molecule has 3 aromatic rings. The second-order valence-corrected chi connectivity index (χ2v) is 5.60. The van der Waals surface area contributed by atoms with Crippen LogP contribution in [0.15, 0.2) is 53.5 Å². The molecular formula is C17H11ClN2O5. The molecule has 8 heteroatoms. The summed E-state index contributed by atoms with van der Waals surface area (Å²) in [5, 5.41) is 11.4. The normalized spacial score (nSPS) is 10.6. The topological polar surface area (TPSA) is 91.4 Å². The first-order valence-electron chi connectivity index (χ1n) is 7.10. The van der Waals surface area contributed by atoms with Crippen LogP contribution in [-0.4, -0.2) is 22.6 Å². The fraction of sp³-hybridized carbons (Fsp3) is 0.0588. The van der Waals surface area contributed by atoms with Gasteiger partial charge in [-0.2, -0.15) is 0 Å². The average Bonchev–Trinajstić information content (AvgIpc) is 2.62. The van der Waals surface area contributed by atoms with E-state index >= 15 is 0 Å². The van der Waals surface area contributed by atoms with E-state index in [1.165, 1.54) is 43.6 Å². The number of non-ortho nitro benzene ring substituents is 1. The smallest absolute Gasteiger partial charge is 0.343 e. The Bertz CT molecular complexity index is 1060. The molecule has 1 heterocycles. The molecule has 0 saturated heterocycles. The molecule has 0 fully saturated rings. The average molecular weight is 359 g/mol. The number of carbonyl (C=O) groups excluding carboxylic acids is 1. The molecule has 0 N–H and O–H groups in total. The number of hydrogen-bond donors (Lipinski definition) is 0. The molecule has 2 aromatic carbocycles. The van der Waals surface area contributed by atoms with Crippen LogP contribution in [0, 0.1) is 10.1 Å². The summed E-state index contributed by atoms with van der Waals surface area (Å²) in [7, 11) is 1.18. The first-order chi connectivity index (χ1) is 11.9. The zero-order chi connectivity index (χ0) is 18.1. The minimum Gasteiger partial charge on any atom is -0.465 e. The lowest BCUT2D eigenvalue weighted by Gasteiger charge is -2.13. The highest BCUT2D eigenvalue weighted by atomic mass is 35.5. The van der Waals surface area contributed by atoms with Crippen molar-refractivity contribution in [1.29, 1.82) is 0 Å². The van der Waals surface area contributed by atoms with Gasteiger partial charge in [0, 0.05) is 34.4 Å². The second-order valence-electron chi connectivity index (χ2n) is 5.17. The Hall–Kier alpha value is -3.19. The molecule has 0 radical (unpaired) electrons. The van der Waals surface area contributed by atoms with Crippen LogP contribution in [0.2, 0.25) is 5.02 Å². The number of nitro benzene ring substituents is 1. The summed E-state index contributed by atoms with van der Waals surface area (Å²) in [5.41, 5.74) is 0.336. The maximum Gasteiger partial charge on any atom is 0.343 e. The highest BCUT2D eigenvalue weighted by molar-refractivity contribution is 6.31. The molecule has 0 unspecified atom stereocenters. The number of rotatable bonds is 3. The molecule has 1 aromatic heterocycles. The minimum absolute atomic E-state index is 0.0645. The largest absolute Gasteiger partial charge is 0.465 e. The predicted molar refractivity (Wildman–Crippen MR) is 92.5 cm³/mol. The molecule has 0 aliphatic rings. The molecule has 0 amide bonds. The van der Waals surface area contributed by atoms with Crippen LogP contribution in [0.5, 0.6) is 0 Å². The maximum absolute atomic E-state index is 12.5. The molecule has 3 rings (SSSR count). The van der Waals surface area contributed by atoms with E-state index in [1.807, 2.05) is 0 Å². The van der Waals surface area contributed by atoms with Gasteiger partial charge in [-0.05, 0) is 30.3 Å². The van der Waals surface area contributed by atoms with E-state index in [2.05, 4.69) is 4.74 Å². The van der Waals surface area contributed by atoms with E-state index in [-0.39, 0.29) is 16.6 Å². The van der Waals surface area contributed by atoms with Crippen LogP contribution in [0.1, 0.15) is 10.4 Å². The molecule has 0 spiro atoms. The van der Waals surface area contributed by atoms with E-state index in [4.69, 9.17) is 11.6 Å². The third-order valence-corrected chi connectivity index (χ3v) is 3.94. The summed E-state index contributed by atoms with van der Waals surface area (Å²) in [6.07, 6.45) is 1.35. The van der Waals surface area contributed by atoms with Crippen LogP contribution in [0.3, 0.4) is 0 Å². The molecule has 0 aliphatic carbocycles. The molecule has 0 atom stereocenters. The van der Waals surface area contributed by atoms with Crippen molar-refractivity contribution in [2.45, 2.75) is 0 Å². The number of carbonyl (C=O) groups is 1. The molecule has 0 bridgehead atoms. The van der Waals surface area contributed by atoms with Crippen molar-refractivity contribution < 1.29 is 14.5 Å². The van der Waals surface area contributed by atoms with Gasteiger partial charge < -0.3 is 9.30 Å². The van der Waals surface area contributed by atoms with Gasteiger partial charge in [0.25, 0.3) is 5.69 Å². The lowest BCUT2D eigenvalue weighted by atomic mass is 10.1. The highest BCUT2D eigenvalue weighted by Crippen LogP contribution is 2.23. The molecule has 126 valence electrons. The molecule has 25 heavy (non-hydrogen) atoms. The summed E-state index contributed by atoms with van der Waals surface area (Å²) in [6.45, 7) is 0. The number of aromatic nitrogens is 1. The zero-order valence-electron chi connectivity index (χ0n) is 12.9. The van der Waals surface area contributed by atoms with Gasteiger partial charge in [-0.1, -0.05) is 11.6 Å². The Balaban J connectivity index is 2.33. The van der Waals surface area contributed by atoms with Crippen molar-refractivity contribution in [3.8, 4) is 5.69 Å². The Morgan fingerprint density at radius 3 is 2.48 bits per heavy atom. The van der Waals surface area contributed by atoms with Gasteiger partial charge in [0.15, 0.2) is 0 Å². The molecular weight excluding hydrogens is 348 g/mol. The van der Waals surface area contributed by atoms with E-state index in [1.54, 1.807) is 16.7 Å². The van der Waals surface area contributed by atoms with Crippen molar-refractivity contribution in [2.24, 2.45) is 0 Å². The van der Waals surface area contributed by atoms with Crippen LogP contribution in [0.4, 0.5) is 5.69 Å². The lowest BCUT2D eigenvalue weighted by Crippen LogP contribution is -2.19. The third kappa shape index (κ3) is 2.97. The van der Waals surface area contributed by atoms with E-state index in [0.717, 1.165) is 0 Å². The number of methoxy groups -OCH3 is 1. The van der Waals surface area contributed by atoms with Gasteiger partial charge in [-0.25, -0.2) is 4.79 Å². The first kappa shape index (κ1) is 16.7. The Morgan fingerprint density at radius 1 is 1.20 bits per heavy atom. The summed E-state index contributed by atoms with van der Waals surface area (Å²) in [5.74, 6) is -0.775. The molecule has 0 saturated carbocycles. The first-order valence-corrected chi connectivity index (χ1v) is 7.48. The number of hydrogen-bond acceptors (Lipinski definition) is 5. The minimum atomic E-state index is -0.775. The van der Waals surface area contributed by atoms with Crippen molar-refractivity contribution >= 4 is 34.2 Å². The Kier molecular flexibility index (Phi) is 4.24. The van der Waals surface area contributed by atoms with E-state index < -0.39 is 16.3 Å². The number of nitrogens with zero attached hydrogens (tertiary/aromatic N) is 2. The number of fused-ring (bicyclic) bond motifs is 1. The van der Waals surface area contributed by atoms with Crippen LogP contribution >= 0.6 is 11.6 Å². The third-order valence-electron chi connectivity index (χ3n) is 3.71. The summed E-state index contributed by atoms with van der Waals surface area (Å²) >= 11 is 5.97. The number of nitro groups is 1. The maximum atomic E-state index is 12.5. The monoisotopic (exact) mass is 358 g/mol. The number of ether oxygens (including phenoxy) is 1. The number of pyridine rings is 1. The van der Waals surface area contributed by atoms with E-state index in [0.29, 0.717) is 16.2 Å². The quantitative estimate of drug-likeness (QED) is 0.407. The Labute approximate surface area is 146 Å². The van der Waals surface area contributed by atoms with Crippen molar-refractivity contribution in [2.75, 3.05) is 7.11 Å². The van der Waals surface area contributed by atoms with Gasteiger partial charge in [-0.3, -0.25) is 14.9 Å². The second kappa shape index (κ2) is 6.37. The summed E-state index contributed by atoms with van der Waals surface area (Å²) < 4.78 is 6.25. The number of benzene rings is 2. The van der Waals surface area contributed by atoms with Gasteiger partial charge in [-0.15, -0.1) is 0 Å². The zero-order valence-corrected chi connectivity index (χ0v) is 13.7. The fourth-order valence-corrected chi connectivity index (χ4v) is 2.68. The van der Waals surface area contributed by atoms with Crippen LogP contribution in [-0.2, 0) is 4.74 Å². The SMILES string of the molecule is COC(=O)c1cn(-c2ccc([N+](=O)[O-])cc2)c2ccc(Cl)cc2c1=O. The van der Waals surface area contributed by atoms with Crippen molar-refractivity contribution in [1.82, 2.24) is 4.57 Å².